The highest BCUT2D eigenvalue weighted by Gasteiger charge is 2.41. The molecule has 3 heteroatoms. The van der Waals surface area contributed by atoms with Crippen molar-refractivity contribution in [2.24, 2.45) is 0 Å². The Morgan fingerprint density at radius 3 is 1.07 bits per heavy atom. The van der Waals surface area contributed by atoms with Gasteiger partial charge in [-0.15, -0.1) is 0 Å². The molecule has 0 atom stereocenters. The predicted molar refractivity (Wildman–Crippen MR) is 248 cm³/mol. The van der Waals surface area contributed by atoms with Gasteiger partial charge in [-0.25, -0.2) is 15.0 Å². The van der Waals surface area contributed by atoms with E-state index in [0.717, 1.165) is 33.4 Å². The van der Waals surface area contributed by atoms with E-state index in [4.69, 9.17) is 15.0 Å². The van der Waals surface area contributed by atoms with Gasteiger partial charge in [0.2, 0.25) is 0 Å². The summed E-state index contributed by atoms with van der Waals surface area (Å²) < 4.78 is 0. The van der Waals surface area contributed by atoms with Crippen molar-refractivity contribution in [3.8, 4) is 89.8 Å². The van der Waals surface area contributed by atoms with Gasteiger partial charge in [0.15, 0.2) is 17.5 Å². The minimum absolute atomic E-state index is 0.0330. The van der Waals surface area contributed by atoms with Gasteiger partial charge in [-0.3, -0.25) is 0 Å². The maximum atomic E-state index is 5.01. The molecule has 2 aliphatic rings. The molecule has 0 saturated heterocycles. The molecule has 1 aromatic heterocycles. The molecule has 9 aromatic rings. The predicted octanol–water partition coefficient (Wildman–Crippen LogP) is 14.5. The summed E-state index contributed by atoms with van der Waals surface area (Å²) in [6, 6.07) is 67.5. The molecule has 11 rings (SSSR count). The first kappa shape index (κ1) is 35.9. The van der Waals surface area contributed by atoms with Crippen molar-refractivity contribution in [3.05, 3.63) is 210 Å². The van der Waals surface area contributed by atoms with Gasteiger partial charge in [-0.2, -0.15) is 0 Å². The highest BCUT2D eigenvalue weighted by atomic mass is 15.0. The van der Waals surface area contributed by atoms with E-state index in [1.54, 1.807) is 0 Å². The Hall–Kier alpha value is -7.23. The Kier molecular flexibility index (Phi) is 8.18. The van der Waals surface area contributed by atoms with Crippen molar-refractivity contribution in [2.75, 3.05) is 0 Å². The Balaban J connectivity index is 0.888. The summed E-state index contributed by atoms with van der Waals surface area (Å²) in [5.41, 5.74) is 21.0. The van der Waals surface area contributed by atoms with Crippen LogP contribution in [0.4, 0.5) is 0 Å². The highest BCUT2D eigenvalue weighted by Crippen LogP contribution is 2.56. The molecular formula is C57H43N3. The van der Waals surface area contributed by atoms with Crippen LogP contribution in [0.25, 0.3) is 89.8 Å². The van der Waals surface area contributed by atoms with E-state index in [0.29, 0.717) is 17.5 Å². The van der Waals surface area contributed by atoms with Crippen LogP contribution in [-0.2, 0) is 10.8 Å². The summed E-state index contributed by atoms with van der Waals surface area (Å²) in [4.78, 5) is 14.9. The third-order valence-corrected chi connectivity index (χ3v) is 13.0. The topological polar surface area (TPSA) is 38.7 Å². The van der Waals surface area contributed by atoms with Crippen molar-refractivity contribution in [1.29, 1.82) is 0 Å². The van der Waals surface area contributed by atoms with Gasteiger partial charge in [0.1, 0.15) is 0 Å². The van der Waals surface area contributed by atoms with Crippen LogP contribution in [0.15, 0.2) is 188 Å². The van der Waals surface area contributed by atoms with Crippen LogP contribution in [0.2, 0.25) is 0 Å². The molecule has 2 aliphatic carbocycles. The number of aromatic nitrogens is 3. The average molecular weight is 770 g/mol. The molecule has 0 aliphatic heterocycles. The number of rotatable bonds is 6. The molecule has 0 bridgehead atoms. The smallest absolute Gasteiger partial charge is 0.164 e. The number of fused-ring (bicyclic) bond motifs is 6. The Morgan fingerprint density at radius 1 is 0.250 bits per heavy atom. The van der Waals surface area contributed by atoms with Crippen LogP contribution >= 0.6 is 0 Å². The van der Waals surface area contributed by atoms with E-state index in [1.807, 2.05) is 36.4 Å². The third-order valence-electron chi connectivity index (χ3n) is 13.0. The van der Waals surface area contributed by atoms with Gasteiger partial charge in [0, 0.05) is 27.5 Å². The zero-order chi connectivity index (χ0) is 40.6. The van der Waals surface area contributed by atoms with Crippen molar-refractivity contribution >= 4 is 0 Å². The monoisotopic (exact) mass is 769 g/mol. The fourth-order valence-electron chi connectivity index (χ4n) is 9.58. The molecule has 0 N–H and O–H groups in total. The Labute approximate surface area is 352 Å². The maximum Gasteiger partial charge on any atom is 0.164 e. The summed E-state index contributed by atoms with van der Waals surface area (Å²) >= 11 is 0. The molecule has 0 spiro atoms. The zero-order valence-corrected chi connectivity index (χ0v) is 34.2. The lowest BCUT2D eigenvalue weighted by molar-refractivity contribution is 0.652. The molecule has 3 nitrogen and oxygen atoms in total. The van der Waals surface area contributed by atoms with E-state index >= 15 is 0 Å². The van der Waals surface area contributed by atoms with E-state index in [-0.39, 0.29) is 10.8 Å². The minimum atomic E-state index is -0.0734. The number of hydrogen-bond donors (Lipinski definition) is 0. The van der Waals surface area contributed by atoms with Crippen LogP contribution in [-0.4, -0.2) is 15.0 Å². The molecule has 0 radical (unpaired) electrons. The first-order valence-electron chi connectivity index (χ1n) is 20.8. The number of benzene rings is 8. The van der Waals surface area contributed by atoms with Crippen LogP contribution in [0.5, 0.6) is 0 Å². The molecule has 8 aromatic carbocycles. The van der Waals surface area contributed by atoms with Crippen molar-refractivity contribution in [1.82, 2.24) is 15.0 Å². The first-order chi connectivity index (χ1) is 29.2. The second-order valence-electron chi connectivity index (χ2n) is 17.3. The van der Waals surface area contributed by atoms with Crippen molar-refractivity contribution < 1.29 is 0 Å². The lowest BCUT2D eigenvalue weighted by atomic mass is 9.79. The number of nitrogens with zero attached hydrogens (tertiary/aromatic N) is 3. The standard InChI is InChI=1S/C57H43N3/c1-56(2)49-18-12-11-17-45(49)47-34-52-48(35-51(47)56)46-33-44(31-32-50(46)57(52,3)4)40-21-19-38(20-22-40)39-25-29-43(30-26-39)55-59-53(41-15-9-6-10-16-41)58-54(60-55)42-27-23-37(24-28-42)36-13-7-5-8-14-36/h5-35H,1-4H3. The van der Waals surface area contributed by atoms with Gasteiger partial charge in [-0.1, -0.05) is 198 Å². The summed E-state index contributed by atoms with van der Waals surface area (Å²) in [5.74, 6) is 1.95. The molecule has 1 heterocycles. The average Bonchev–Trinajstić information content (AvgIpc) is 3.67. The first-order valence-corrected chi connectivity index (χ1v) is 20.8. The second kappa shape index (κ2) is 13.7. The van der Waals surface area contributed by atoms with Crippen LogP contribution in [0.3, 0.4) is 0 Å². The third kappa shape index (κ3) is 5.84. The van der Waals surface area contributed by atoms with E-state index in [1.165, 1.54) is 61.2 Å². The lowest BCUT2D eigenvalue weighted by Crippen LogP contribution is -2.16. The Morgan fingerprint density at radius 2 is 0.567 bits per heavy atom. The van der Waals surface area contributed by atoms with Gasteiger partial charge in [0.25, 0.3) is 0 Å². The number of hydrogen-bond acceptors (Lipinski definition) is 3. The van der Waals surface area contributed by atoms with E-state index in [9.17, 15) is 0 Å². The van der Waals surface area contributed by atoms with Gasteiger partial charge in [-0.05, 0) is 96.1 Å². The van der Waals surface area contributed by atoms with E-state index in [2.05, 4.69) is 179 Å². The normalized spacial score (nSPS) is 13.9. The van der Waals surface area contributed by atoms with Crippen LogP contribution in [0.1, 0.15) is 49.9 Å². The van der Waals surface area contributed by atoms with Crippen LogP contribution in [0, 0.1) is 0 Å². The molecule has 0 amide bonds. The second-order valence-corrected chi connectivity index (χ2v) is 17.3. The lowest BCUT2D eigenvalue weighted by Gasteiger charge is -2.24. The summed E-state index contributed by atoms with van der Waals surface area (Å²) in [6.07, 6.45) is 0. The van der Waals surface area contributed by atoms with Gasteiger partial charge in [0.05, 0.1) is 0 Å². The van der Waals surface area contributed by atoms with Gasteiger partial charge < -0.3 is 0 Å². The fraction of sp³-hybridized carbons (Fsp3) is 0.105. The largest absolute Gasteiger partial charge is 0.208 e. The molecule has 0 unspecified atom stereocenters. The van der Waals surface area contributed by atoms with E-state index < -0.39 is 0 Å². The summed E-state index contributed by atoms with van der Waals surface area (Å²) in [7, 11) is 0. The maximum absolute atomic E-state index is 5.01. The Bertz CT molecular complexity index is 3090. The fourth-order valence-corrected chi connectivity index (χ4v) is 9.58. The van der Waals surface area contributed by atoms with Crippen LogP contribution < -0.4 is 0 Å². The SMILES string of the molecule is CC1(C)c2ccccc2-c2cc3c(cc21)-c1cc(-c2ccc(-c4ccc(-c5nc(-c6ccccc6)nc(-c6ccc(-c7ccccc7)cc6)n5)cc4)cc2)ccc1C3(C)C. The highest BCUT2D eigenvalue weighted by molar-refractivity contribution is 5.91. The molecule has 286 valence electrons. The minimum Gasteiger partial charge on any atom is -0.208 e. The van der Waals surface area contributed by atoms with Crippen molar-refractivity contribution in [2.45, 2.75) is 38.5 Å². The molecule has 60 heavy (non-hydrogen) atoms. The van der Waals surface area contributed by atoms with Crippen molar-refractivity contribution in [3.63, 3.8) is 0 Å². The molecule has 0 fully saturated rings. The summed E-state index contributed by atoms with van der Waals surface area (Å²) in [5, 5.41) is 0. The zero-order valence-electron chi connectivity index (χ0n) is 34.2. The quantitative estimate of drug-likeness (QED) is 0.169. The molecular weight excluding hydrogens is 727 g/mol. The van der Waals surface area contributed by atoms with Gasteiger partial charge >= 0.3 is 0 Å². The summed E-state index contributed by atoms with van der Waals surface area (Å²) in [6.45, 7) is 9.49. The molecule has 0 saturated carbocycles.